The summed E-state index contributed by atoms with van der Waals surface area (Å²) in [6, 6.07) is 5.53. The third kappa shape index (κ3) is 3.71. The van der Waals surface area contributed by atoms with E-state index in [4.69, 9.17) is 10.8 Å². The number of aliphatic hydroxyl groups excluding tert-OH is 1. The van der Waals surface area contributed by atoms with E-state index in [2.05, 4.69) is 10.2 Å². The number of aliphatic hydroxyl groups is 1. The van der Waals surface area contributed by atoms with Gasteiger partial charge < -0.3 is 16.2 Å². The van der Waals surface area contributed by atoms with E-state index >= 15 is 0 Å². The Morgan fingerprint density at radius 2 is 2.35 bits per heavy atom. The fourth-order valence-corrected chi connectivity index (χ4v) is 2.66. The molecule has 110 valence electrons. The van der Waals surface area contributed by atoms with Gasteiger partial charge in [-0.3, -0.25) is 9.69 Å². The molecule has 1 atom stereocenters. The second-order valence-electron chi connectivity index (χ2n) is 5.47. The van der Waals surface area contributed by atoms with Gasteiger partial charge in [-0.25, -0.2) is 0 Å². The van der Waals surface area contributed by atoms with Crippen molar-refractivity contribution in [3.05, 3.63) is 23.8 Å². The smallest absolute Gasteiger partial charge is 0.238 e. The molecule has 0 radical (unpaired) electrons. The van der Waals surface area contributed by atoms with Crippen LogP contribution in [0.5, 0.6) is 0 Å². The van der Waals surface area contributed by atoms with Gasteiger partial charge in [0.2, 0.25) is 5.91 Å². The molecule has 1 aliphatic heterocycles. The molecular weight excluding hydrogens is 254 g/mol. The maximum atomic E-state index is 12.1. The Kier molecular flexibility index (Phi) is 4.98. The highest BCUT2D eigenvalue weighted by Gasteiger charge is 2.23. The van der Waals surface area contributed by atoms with Crippen LogP contribution in [0.25, 0.3) is 0 Å². The van der Waals surface area contributed by atoms with Crippen molar-refractivity contribution in [3.8, 4) is 0 Å². The molecule has 1 fully saturated rings. The highest BCUT2D eigenvalue weighted by atomic mass is 16.3. The van der Waals surface area contributed by atoms with Gasteiger partial charge in [-0.15, -0.1) is 0 Å². The zero-order chi connectivity index (χ0) is 14.5. The maximum Gasteiger partial charge on any atom is 0.238 e. The molecule has 2 rings (SSSR count). The van der Waals surface area contributed by atoms with Crippen LogP contribution in [0.15, 0.2) is 18.2 Å². The number of rotatable bonds is 5. The van der Waals surface area contributed by atoms with E-state index in [1.165, 1.54) is 0 Å². The van der Waals surface area contributed by atoms with Crippen molar-refractivity contribution < 1.29 is 9.90 Å². The average molecular weight is 277 g/mol. The first-order valence-electron chi connectivity index (χ1n) is 7.08. The molecule has 1 heterocycles. The standard InChI is InChI=1S/C15H23N3O2/c1-11-13(16)3-2-4-14(11)17-15(20)10-18-7-5-12(9-18)6-8-19/h2-4,12,19H,5-10,16H2,1H3,(H,17,20). The third-order valence-corrected chi connectivity index (χ3v) is 3.92. The molecule has 1 saturated heterocycles. The van der Waals surface area contributed by atoms with Gasteiger partial charge in [0, 0.05) is 24.5 Å². The minimum Gasteiger partial charge on any atom is -0.398 e. The Bertz CT molecular complexity index is 476. The van der Waals surface area contributed by atoms with Crippen LogP contribution >= 0.6 is 0 Å². The van der Waals surface area contributed by atoms with Crippen molar-refractivity contribution in [2.24, 2.45) is 5.92 Å². The molecule has 1 aromatic rings. The maximum absolute atomic E-state index is 12.1. The zero-order valence-electron chi connectivity index (χ0n) is 11.9. The van der Waals surface area contributed by atoms with Crippen LogP contribution in [0.2, 0.25) is 0 Å². The van der Waals surface area contributed by atoms with Gasteiger partial charge in [0.25, 0.3) is 0 Å². The lowest BCUT2D eigenvalue weighted by molar-refractivity contribution is -0.117. The molecular formula is C15H23N3O2. The third-order valence-electron chi connectivity index (χ3n) is 3.92. The zero-order valence-corrected chi connectivity index (χ0v) is 11.9. The van der Waals surface area contributed by atoms with Crippen LogP contribution in [0.4, 0.5) is 11.4 Å². The quantitative estimate of drug-likeness (QED) is 0.707. The summed E-state index contributed by atoms with van der Waals surface area (Å²) in [7, 11) is 0. The van der Waals surface area contributed by atoms with Crippen molar-refractivity contribution in [3.63, 3.8) is 0 Å². The Morgan fingerprint density at radius 3 is 3.10 bits per heavy atom. The van der Waals surface area contributed by atoms with E-state index in [-0.39, 0.29) is 12.5 Å². The monoisotopic (exact) mass is 277 g/mol. The normalized spacial score (nSPS) is 19.2. The van der Waals surface area contributed by atoms with E-state index in [1.807, 2.05) is 25.1 Å². The van der Waals surface area contributed by atoms with E-state index in [0.717, 1.165) is 37.2 Å². The lowest BCUT2D eigenvalue weighted by Crippen LogP contribution is -2.31. The topological polar surface area (TPSA) is 78.6 Å². The minimum absolute atomic E-state index is 0.0108. The Morgan fingerprint density at radius 1 is 1.55 bits per heavy atom. The summed E-state index contributed by atoms with van der Waals surface area (Å²) >= 11 is 0. The first-order valence-corrected chi connectivity index (χ1v) is 7.08. The lowest BCUT2D eigenvalue weighted by Gasteiger charge is -2.16. The summed E-state index contributed by atoms with van der Waals surface area (Å²) in [4.78, 5) is 14.2. The molecule has 0 aliphatic carbocycles. The predicted molar refractivity (Wildman–Crippen MR) is 80.5 cm³/mol. The molecule has 1 aromatic carbocycles. The van der Waals surface area contributed by atoms with Crippen molar-refractivity contribution in [2.45, 2.75) is 19.8 Å². The Balaban J connectivity index is 1.86. The SMILES string of the molecule is Cc1c(N)cccc1NC(=O)CN1CCC(CCO)C1. The number of nitrogens with two attached hydrogens (primary N) is 1. The van der Waals surface area contributed by atoms with E-state index in [0.29, 0.717) is 18.2 Å². The van der Waals surface area contributed by atoms with Crippen molar-refractivity contribution in [2.75, 3.05) is 37.3 Å². The van der Waals surface area contributed by atoms with E-state index in [9.17, 15) is 4.79 Å². The van der Waals surface area contributed by atoms with Gasteiger partial charge in [0.05, 0.1) is 6.54 Å². The summed E-state index contributed by atoms with van der Waals surface area (Å²) in [5.41, 5.74) is 8.20. The number of likely N-dealkylation sites (tertiary alicyclic amines) is 1. The molecule has 20 heavy (non-hydrogen) atoms. The van der Waals surface area contributed by atoms with Crippen LogP contribution in [0, 0.1) is 12.8 Å². The number of hydrogen-bond acceptors (Lipinski definition) is 4. The summed E-state index contributed by atoms with van der Waals surface area (Å²) in [6.45, 7) is 4.35. The number of hydrogen-bond donors (Lipinski definition) is 3. The summed E-state index contributed by atoms with van der Waals surface area (Å²) in [5.74, 6) is 0.505. The van der Waals surface area contributed by atoms with Crippen molar-refractivity contribution in [1.29, 1.82) is 0 Å². The second kappa shape index (κ2) is 6.72. The number of nitrogens with one attached hydrogen (secondary N) is 1. The van der Waals surface area contributed by atoms with E-state index < -0.39 is 0 Å². The van der Waals surface area contributed by atoms with Crippen LogP contribution in [-0.2, 0) is 4.79 Å². The van der Waals surface area contributed by atoms with Gasteiger partial charge in [-0.2, -0.15) is 0 Å². The van der Waals surface area contributed by atoms with Gasteiger partial charge in [-0.1, -0.05) is 6.07 Å². The molecule has 0 saturated carbocycles. The minimum atomic E-state index is -0.0108. The fourth-order valence-electron chi connectivity index (χ4n) is 2.66. The number of carbonyl (C=O) groups is 1. The lowest BCUT2D eigenvalue weighted by atomic mass is 10.1. The number of anilines is 2. The average Bonchev–Trinajstić information content (AvgIpc) is 2.83. The van der Waals surface area contributed by atoms with E-state index in [1.54, 1.807) is 0 Å². The molecule has 0 spiro atoms. The highest BCUT2D eigenvalue weighted by molar-refractivity contribution is 5.93. The number of benzene rings is 1. The predicted octanol–water partition coefficient (Wildman–Crippen LogP) is 1.22. The van der Waals surface area contributed by atoms with Crippen LogP contribution < -0.4 is 11.1 Å². The van der Waals surface area contributed by atoms with Crippen LogP contribution in [-0.4, -0.2) is 42.2 Å². The van der Waals surface area contributed by atoms with Crippen LogP contribution in [0.1, 0.15) is 18.4 Å². The first kappa shape index (κ1) is 14.8. The Hall–Kier alpha value is -1.59. The molecule has 5 heteroatoms. The molecule has 1 amide bonds. The first-order chi connectivity index (χ1) is 9.60. The summed E-state index contributed by atoms with van der Waals surface area (Å²) in [6.07, 6.45) is 1.89. The van der Waals surface area contributed by atoms with Gasteiger partial charge in [0.15, 0.2) is 0 Å². The highest BCUT2D eigenvalue weighted by Crippen LogP contribution is 2.21. The van der Waals surface area contributed by atoms with Crippen LogP contribution in [0.3, 0.4) is 0 Å². The number of nitrogens with zero attached hydrogens (tertiary/aromatic N) is 1. The van der Waals surface area contributed by atoms with Gasteiger partial charge in [0.1, 0.15) is 0 Å². The fraction of sp³-hybridized carbons (Fsp3) is 0.533. The van der Waals surface area contributed by atoms with Gasteiger partial charge >= 0.3 is 0 Å². The number of carbonyl (C=O) groups excluding carboxylic acids is 1. The summed E-state index contributed by atoms with van der Waals surface area (Å²) in [5, 5.41) is 11.9. The molecule has 4 N–H and O–H groups in total. The Labute approximate surface area is 119 Å². The number of amides is 1. The van der Waals surface area contributed by atoms with Crippen molar-refractivity contribution in [1.82, 2.24) is 4.90 Å². The largest absolute Gasteiger partial charge is 0.398 e. The molecule has 0 bridgehead atoms. The summed E-state index contributed by atoms with van der Waals surface area (Å²) < 4.78 is 0. The van der Waals surface area contributed by atoms with Gasteiger partial charge in [-0.05, 0) is 49.9 Å². The molecule has 0 aromatic heterocycles. The molecule has 1 aliphatic rings. The number of nitrogen functional groups attached to an aromatic ring is 1. The molecule has 1 unspecified atom stereocenters. The molecule has 5 nitrogen and oxygen atoms in total. The second-order valence-corrected chi connectivity index (χ2v) is 5.47. The van der Waals surface area contributed by atoms with Crippen molar-refractivity contribution >= 4 is 17.3 Å².